The molecule has 1 heterocycles. The molecular weight excluding hydrogens is 292 g/mol. The quantitative estimate of drug-likeness (QED) is 0.456. The molecule has 1 nitrogen and oxygen atoms in total. The molecule has 0 saturated carbocycles. The van der Waals surface area contributed by atoms with Crippen LogP contribution < -0.4 is 0 Å². The van der Waals surface area contributed by atoms with Gasteiger partial charge in [-0.05, 0) is 59.1 Å². The number of rotatable bonds is 0. The molecule has 0 fully saturated rings. The molecular formula is C20H21ClO. The van der Waals surface area contributed by atoms with Crippen molar-refractivity contribution in [2.45, 2.75) is 51.4 Å². The monoisotopic (exact) mass is 312 g/mol. The molecule has 1 aliphatic rings. The summed E-state index contributed by atoms with van der Waals surface area (Å²) in [5, 5.41) is 3.08. The van der Waals surface area contributed by atoms with Crippen molar-refractivity contribution in [1.82, 2.24) is 0 Å². The van der Waals surface area contributed by atoms with Crippen molar-refractivity contribution in [1.29, 1.82) is 0 Å². The van der Waals surface area contributed by atoms with E-state index in [0.29, 0.717) is 0 Å². The lowest BCUT2D eigenvalue weighted by Crippen LogP contribution is -2.33. The molecule has 114 valence electrons. The first-order valence-electron chi connectivity index (χ1n) is 7.95. The summed E-state index contributed by atoms with van der Waals surface area (Å²) in [6.07, 6.45) is 2.44. The van der Waals surface area contributed by atoms with Gasteiger partial charge in [0.2, 0.25) is 0 Å². The van der Waals surface area contributed by atoms with Gasteiger partial charge in [-0.1, -0.05) is 39.3 Å². The lowest BCUT2D eigenvalue weighted by Gasteiger charge is -2.41. The molecule has 0 unspecified atom stereocenters. The third kappa shape index (κ3) is 1.91. The van der Waals surface area contributed by atoms with E-state index in [9.17, 15) is 0 Å². The minimum Gasteiger partial charge on any atom is -0.456 e. The van der Waals surface area contributed by atoms with Gasteiger partial charge in [-0.2, -0.15) is 0 Å². The van der Waals surface area contributed by atoms with Crippen molar-refractivity contribution >= 4 is 33.5 Å². The Morgan fingerprint density at radius 2 is 1.41 bits per heavy atom. The molecule has 0 bridgehead atoms. The summed E-state index contributed by atoms with van der Waals surface area (Å²) in [5.74, 6) is 0. The third-order valence-electron chi connectivity index (χ3n) is 5.41. The second-order valence-corrected chi connectivity index (χ2v) is 8.34. The number of fused-ring (bicyclic) bond motifs is 4. The molecule has 0 aliphatic heterocycles. The van der Waals surface area contributed by atoms with Crippen LogP contribution in [0.5, 0.6) is 0 Å². The van der Waals surface area contributed by atoms with Gasteiger partial charge in [0, 0.05) is 21.9 Å². The van der Waals surface area contributed by atoms with Crippen molar-refractivity contribution in [3.05, 3.63) is 46.5 Å². The summed E-state index contributed by atoms with van der Waals surface area (Å²) in [6, 6.07) is 10.5. The third-order valence-corrected chi connectivity index (χ3v) is 5.64. The van der Waals surface area contributed by atoms with Crippen LogP contribution in [0.25, 0.3) is 21.9 Å². The topological polar surface area (TPSA) is 13.1 Å². The summed E-state index contributed by atoms with van der Waals surface area (Å²) < 4.78 is 6.08. The highest BCUT2D eigenvalue weighted by atomic mass is 35.5. The van der Waals surface area contributed by atoms with E-state index in [1.54, 1.807) is 0 Å². The van der Waals surface area contributed by atoms with Crippen molar-refractivity contribution in [3.8, 4) is 0 Å². The first-order valence-corrected chi connectivity index (χ1v) is 8.33. The van der Waals surface area contributed by atoms with Crippen LogP contribution in [-0.4, -0.2) is 0 Å². The van der Waals surface area contributed by atoms with E-state index < -0.39 is 0 Å². The Labute approximate surface area is 136 Å². The minimum absolute atomic E-state index is 0.204. The van der Waals surface area contributed by atoms with Crippen LogP contribution in [-0.2, 0) is 10.8 Å². The van der Waals surface area contributed by atoms with E-state index in [2.05, 4.69) is 45.9 Å². The van der Waals surface area contributed by atoms with Crippen LogP contribution in [0.1, 0.15) is 51.7 Å². The molecule has 4 rings (SSSR count). The van der Waals surface area contributed by atoms with Crippen molar-refractivity contribution in [2.75, 3.05) is 0 Å². The predicted octanol–water partition coefficient (Wildman–Crippen LogP) is 6.59. The highest BCUT2D eigenvalue weighted by Gasteiger charge is 2.37. The summed E-state index contributed by atoms with van der Waals surface area (Å²) in [5.41, 5.74) is 5.17. The van der Waals surface area contributed by atoms with Crippen LogP contribution in [0.15, 0.2) is 34.7 Å². The Morgan fingerprint density at radius 1 is 0.818 bits per heavy atom. The second-order valence-electron chi connectivity index (χ2n) is 7.90. The zero-order chi connectivity index (χ0) is 15.7. The van der Waals surface area contributed by atoms with Gasteiger partial charge < -0.3 is 4.42 Å². The molecule has 3 aromatic rings. The normalized spacial score (nSPS) is 19.5. The van der Waals surface area contributed by atoms with Gasteiger partial charge in [0.1, 0.15) is 11.2 Å². The highest BCUT2D eigenvalue weighted by Crippen LogP contribution is 2.48. The van der Waals surface area contributed by atoms with E-state index in [0.717, 1.165) is 21.6 Å². The Morgan fingerprint density at radius 3 is 2.09 bits per heavy atom. The maximum absolute atomic E-state index is 6.10. The van der Waals surface area contributed by atoms with Gasteiger partial charge in [0.05, 0.1) is 0 Å². The van der Waals surface area contributed by atoms with Crippen molar-refractivity contribution < 1.29 is 4.42 Å². The Bertz CT molecular complexity index is 899. The zero-order valence-corrected chi connectivity index (χ0v) is 14.3. The van der Waals surface area contributed by atoms with E-state index in [1.807, 2.05) is 12.1 Å². The average Bonchev–Trinajstić information content (AvgIpc) is 2.79. The van der Waals surface area contributed by atoms with Gasteiger partial charge in [-0.25, -0.2) is 0 Å². The van der Waals surface area contributed by atoms with Gasteiger partial charge >= 0.3 is 0 Å². The van der Waals surface area contributed by atoms with Crippen LogP contribution in [0.3, 0.4) is 0 Å². The Kier molecular flexibility index (Phi) is 2.76. The maximum atomic E-state index is 6.10. The summed E-state index contributed by atoms with van der Waals surface area (Å²) >= 11 is 6.10. The summed E-state index contributed by atoms with van der Waals surface area (Å²) in [4.78, 5) is 0. The smallest absolute Gasteiger partial charge is 0.136 e. The van der Waals surface area contributed by atoms with E-state index in [-0.39, 0.29) is 10.8 Å². The molecule has 0 saturated heterocycles. The number of benzene rings is 2. The molecule has 1 aromatic heterocycles. The summed E-state index contributed by atoms with van der Waals surface area (Å²) in [7, 11) is 0. The van der Waals surface area contributed by atoms with Gasteiger partial charge in [-0.15, -0.1) is 0 Å². The van der Waals surface area contributed by atoms with E-state index in [1.165, 1.54) is 29.4 Å². The molecule has 22 heavy (non-hydrogen) atoms. The number of hydrogen-bond donors (Lipinski definition) is 0. The van der Waals surface area contributed by atoms with Gasteiger partial charge in [0.25, 0.3) is 0 Å². The van der Waals surface area contributed by atoms with Crippen LogP contribution in [0, 0.1) is 0 Å². The molecule has 2 aromatic carbocycles. The molecule has 0 radical (unpaired) electrons. The Balaban J connectivity index is 2.11. The zero-order valence-electron chi connectivity index (χ0n) is 13.6. The lowest BCUT2D eigenvalue weighted by molar-refractivity contribution is 0.332. The first kappa shape index (κ1) is 14.1. The first-order chi connectivity index (χ1) is 10.3. The number of halogens is 1. The SMILES string of the molecule is CC1(C)CCC(C)(C)c2cc3c(cc21)oc1cc(Cl)ccc13. The van der Waals surface area contributed by atoms with Gasteiger partial charge in [-0.3, -0.25) is 0 Å². The van der Waals surface area contributed by atoms with Crippen LogP contribution >= 0.6 is 11.6 Å². The average molecular weight is 313 g/mol. The van der Waals surface area contributed by atoms with Crippen LogP contribution in [0.2, 0.25) is 5.02 Å². The lowest BCUT2D eigenvalue weighted by atomic mass is 9.63. The fourth-order valence-electron chi connectivity index (χ4n) is 3.81. The predicted molar refractivity (Wildman–Crippen MR) is 94.0 cm³/mol. The van der Waals surface area contributed by atoms with Crippen molar-refractivity contribution in [3.63, 3.8) is 0 Å². The molecule has 2 heteroatoms. The molecule has 1 aliphatic carbocycles. The largest absolute Gasteiger partial charge is 0.456 e. The fraction of sp³-hybridized carbons (Fsp3) is 0.400. The summed E-state index contributed by atoms with van der Waals surface area (Å²) in [6.45, 7) is 9.39. The minimum atomic E-state index is 0.204. The van der Waals surface area contributed by atoms with Crippen molar-refractivity contribution in [2.24, 2.45) is 0 Å². The standard InChI is InChI=1S/C20H21ClO/c1-19(2)7-8-20(3,4)16-11-18-14(10-15(16)19)13-6-5-12(21)9-17(13)22-18/h5-6,9-11H,7-8H2,1-4H3. The van der Waals surface area contributed by atoms with Crippen LogP contribution in [0.4, 0.5) is 0 Å². The van der Waals surface area contributed by atoms with E-state index >= 15 is 0 Å². The molecule has 0 atom stereocenters. The molecule has 0 amide bonds. The molecule has 0 spiro atoms. The van der Waals surface area contributed by atoms with E-state index in [4.69, 9.17) is 16.0 Å². The Hall–Kier alpha value is -1.47. The maximum Gasteiger partial charge on any atom is 0.136 e. The van der Waals surface area contributed by atoms with Gasteiger partial charge in [0.15, 0.2) is 0 Å². The number of hydrogen-bond acceptors (Lipinski definition) is 1. The highest BCUT2D eigenvalue weighted by molar-refractivity contribution is 6.31. The number of furan rings is 1. The second kappa shape index (κ2) is 4.29. The molecule has 0 N–H and O–H groups in total. The fourth-order valence-corrected chi connectivity index (χ4v) is 3.97.